The van der Waals surface area contributed by atoms with E-state index in [0.29, 0.717) is 29.8 Å². The number of carbonyl (C=O) groups is 2. The number of hydrogen-bond donors (Lipinski definition) is 3. The summed E-state index contributed by atoms with van der Waals surface area (Å²) in [4.78, 5) is 27.2. The molecule has 2 amide bonds. The first-order chi connectivity index (χ1) is 15.8. The standard InChI is InChI=1S/C23H19F6N3O2/c1-22(30,23(27,28)29)21(34)32-20(33)12-6-11(7-12)17-15-8-14(25)9-16(26)19(15)31-18(17)10-2-4-13(24)5-3-10/h2-5,8-9,11-12,31H,6-7,30H2,1H3,(H,32,33,34). The first-order valence-corrected chi connectivity index (χ1v) is 10.3. The normalized spacial score (nSPS) is 20.0. The van der Waals surface area contributed by atoms with Crippen LogP contribution in [0.3, 0.4) is 0 Å². The fraction of sp³-hybridized carbons (Fsp3) is 0.304. The maximum absolute atomic E-state index is 14.4. The molecule has 1 aliphatic carbocycles. The van der Waals surface area contributed by atoms with Crippen LogP contribution in [0, 0.1) is 23.4 Å². The molecule has 1 saturated carbocycles. The number of aromatic nitrogens is 1. The van der Waals surface area contributed by atoms with E-state index in [4.69, 9.17) is 5.73 Å². The Bertz CT molecular complexity index is 1270. The number of H-pyrrole nitrogens is 1. The van der Waals surface area contributed by atoms with Gasteiger partial charge in [-0.1, -0.05) is 0 Å². The quantitative estimate of drug-likeness (QED) is 0.472. The molecule has 0 saturated heterocycles. The third kappa shape index (κ3) is 4.04. The van der Waals surface area contributed by atoms with Gasteiger partial charge in [0.2, 0.25) is 5.91 Å². The van der Waals surface area contributed by atoms with Crippen LogP contribution in [0.25, 0.3) is 22.2 Å². The molecule has 5 nitrogen and oxygen atoms in total. The minimum Gasteiger partial charge on any atom is -0.352 e. The Morgan fingerprint density at radius 2 is 1.65 bits per heavy atom. The summed E-state index contributed by atoms with van der Waals surface area (Å²) < 4.78 is 80.6. The fourth-order valence-corrected chi connectivity index (χ4v) is 4.05. The number of nitrogens with two attached hydrogens (primary N) is 1. The van der Waals surface area contributed by atoms with Gasteiger partial charge in [0.15, 0.2) is 5.54 Å². The number of hydrogen-bond acceptors (Lipinski definition) is 3. The first-order valence-electron chi connectivity index (χ1n) is 10.3. The number of halogens is 6. The van der Waals surface area contributed by atoms with E-state index in [1.165, 1.54) is 24.3 Å². The number of nitrogens with one attached hydrogen (secondary N) is 2. The molecule has 1 fully saturated rings. The highest BCUT2D eigenvalue weighted by Crippen LogP contribution is 2.48. The second-order valence-corrected chi connectivity index (χ2v) is 8.61. The molecule has 1 aliphatic rings. The van der Waals surface area contributed by atoms with Crippen LogP contribution < -0.4 is 11.1 Å². The lowest BCUT2D eigenvalue weighted by atomic mass is 9.69. The third-order valence-electron chi connectivity index (χ3n) is 6.21. The van der Waals surface area contributed by atoms with Gasteiger partial charge in [-0.3, -0.25) is 14.9 Å². The van der Waals surface area contributed by atoms with E-state index in [0.717, 1.165) is 6.07 Å². The molecule has 0 aliphatic heterocycles. The van der Waals surface area contributed by atoms with Gasteiger partial charge >= 0.3 is 6.18 Å². The minimum atomic E-state index is -5.05. The van der Waals surface area contributed by atoms with Gasteiger partial charge in [0.05, 0.1) is 11.2 Å². The van der Waals surface area contributed by atoms with Gasteiger partial charge in [-0.25, -0.2) is 13.2 Å². The maximum Gasteiger partial charge on any atom is 0.415 e. The summed E-state index contributed by atoms with van der Waals surface area (Å²) in [6, 6.07) is 7.17. The van der Waals surface area contributed by atoms with Crippen molar-refractivity contribution in [3.8, 4) is 11.3 Å². The topological polar surface area (TPSA) is 88.0 Å². The minimum absolute atomic E-state index is 0.0304. The first kappa shape index (κ1) is 23.8. The van der Waals surface area contributed by atoms with Crippen LogP contribution in [0.4, 0.5) is 26.3 Å². The Balaban J connectivity index is 1.61. The molecule has 1 unspecified atom stereocenters. The van der Waals surface area contributed by atoms with Crippen molar-refractivity contribution in [2.24, 2.45) is 11.7 Å². The Morgan fingerprint density at radius 1 is 1.03 bits per heavy atom. The molecule has 11 heteroatoms. The summed E-state index contributed by atoms with van der Waals surface area (Å²) in [5.41, 5.74) is 3.23. The van der Waals surface area contributed by atoms with Crippen molar-refractivity contribution in [1.82, 2.24) is 10.3 Å². The lowest BCUT2D eigenvalue weighted by Crippen LogP contribution is -2.62. The highest BCUT2D eigenvalue weighted by molar-refractivity contribution is 6.01. The van der Waals surface area contributed by atoms with Gasteiger partial charge in [0.1, 0.15) is 17.5 Å². The van der Waals surface area contributed by atoms with E-state index in [2.05, 4.69) is 4.98 Å². The van der Waals surface area contributed by atoms with E-state index in [1.54, 1.807) is 5.32 Å². The van der Waals surface area contributed by atoms with Crippen molar-refractivity contribution >= 4 is 22.7 Å². The smallest absolute Gasteiger partial charge is 0.352 e. The summed E-state index contributed by atoms with van der Waals surface area (Å²) in [5, 5.41) is 1.95. The van der Waals surface area contributed by atoms with Crippen LogP contribution >= 0.6 is 0 Å². The van der Waals surface area contributed by atoms with Crippen LogP contribution in [-0.2, 0) is 9.59 Å². The number of imide groups is 1. The van der Waals surface area contributed by atoms with E-state index >= 15 is 0 Å². The maximum atomic E-state index is 14.4. The lowest BCUT2D eigenvalue weighted by Gasteiger charge is -2.35. The third-order valence-corrected chi connectivity index (χ3v) is 6.21. The Labute approximate surface area is 189 Å². The molecule has 0 spiro atoms. The largest absolute Gasteiger partial charge is 0.415 e. The highest BCUT2D eigenvalue weighted by atomic mass is 19.4. The Hall–Kier alpha value is -3.34. The number of alkyl halides is 3. The summed E-state index contributed by atoms with van der Waals surface area (Å²) in [6.45, 7) is 0.462. The molecular weight excluding hydrogens is 464 g/mol. The lowest BCUT2D eigenvalue weighted by molar-refractivity contribution is -0.187. The van der Waals surface area contributed by atoms with Gasteiger partial charge in [0, 0.05) is 17.4 Å². The second-order valence-electron chi connectivity index (χ2n) is 8.61. The fourth-order valence-electron chi connectivity index (χ4n) is 4.05. The van der Waals surface area contributed by atoms with Crippen molar-refractivity contribution in [3.05, 3.63) is 59.4 Å². The average Bonchev–Trinajstić information content (AvgIpc) is 3.06. The molecule has 1 aromatic heterocycles. The number of aromatic amines is 1. The molecule has 0 radical (unpaired) electrons. The summed E-state index contributed by atoms with van der Waals surface area (Å²) >= 11 is 0. The molecule has 0 bridgehead atoms. The SMILES string of the molecule is CC(N)(C(=O)NC(=O)C1CC(c2c(-c3ccc(F)cc3)[nH]c3c(F)cc(F)cc23)C1)C(F)(F)F. The van der Waals surface area contributed by atoms with E-state index in [9.17, 15) is 35.9 Å². The Kier molecular flexibility index (Phi) is 5.71. The zero-order valence-electron chi connectivity index (χ0n) is 17.7. The zero-order chi connectivity index (χ0) is 25.0. The predicted molar refractivity (Wildman–Crippen MR) is 111 cm³/mol. The summed E-state index contributed by atoms with van der Waals surface area (Å²) in [6.07, 6.45) is -4.82. The van der Waals surface area contributed by atoms with Crippen LogP contribution in [0.1, 0.15) is 31.2 Å². The van der Waals surface area contributed by atoms with Crippen molar-refractivity contribution < 1.29 is 35.9 Å². The molecule has 4 N–H and O–H groups in total. The summed E-state index contributed by atoms with van der Waals surface area (Å²) in [7, 11) is 0. The number of carbonyl (C=O) groups excluding carboxylic acids is 2. The van der Waals surface area contributed by atoms with Crippen molar-refractivity contribution in [1.29, 1.82) is 0 Å². The van der Waals surface area contributed by atoms with Crippen LogP contribution in [-0.4, -0.2) is 28.5 Å². The number of fused-ring (bicyclic) bond motifs is 1. The van der Waals surface area contributed by atoms with Gasteiger partial charge in [0.25, 0.3) is 5.91 Å². The van der Waals surface area contributed by atoms with Crippen LogP contribution in [0.15, 0.2) is 36.4 Å². The highest BCUT2D eigenvalue weighted by Gasteiger charge is 2.54. The predicted octanol–water partition coefficient (Wildman–Crippen LogP) is 4.67. The molecule has 180 valence electrons. The molecule has 3 aromatic rings. The van der Waals surface area contributed by atoms with Crippen LogP contribution in [0.5, 0.6) is 0 Å². The molecular formula is C23H19F6N3O2. The van der Waals surface area contributed by atoms with Gasteiger partial charge in [-0.15, -0.1) is 0 Å². The van der Waals surface area contributed by atoms with Gasteiger partial charge < -0.3 is 10.7 Å². The molecule has 1 atom stereocenters. The van der Waals surface area contributed by atoms with Crippen LogP contribution in [0.2, 0.25) is 0 Å². The van der Waals surface area contributed by atoms with Crippen molar-refractivity contribution in [3.63, 3.8) is 0 Å². The number of rotatable bonds is 4. The molecule has 2 aromatic carbocycles. The number of amides is 2. The van der Waals surface area contributed by atoms with Gasteiger partial charge in [-0.05, 0) is 67.1 Å². The number of benzene rings is 2. The zero-order valence-corrected chi connectivity index (χ0v) is 17.7. The molecule has 1 heterocycles. The van der Waals surface area contributed by atoms with E-state index in [1.807, 2.05) is 0 Å². The Morgan fingerprint density at radius 3 is 2.24 bits per heavy atom. The van der Waals surface area contributed by atoms with E-state index in [-0.39, 0.29) is 23.7 Å². The van der Waals surface area contributed by atoms with Crippen molar-refractivity contribution in [2.75, 3.05) is 0 Å². The summed E-state index contributed by atoms with van der Waals surface area (Å²) in [5.74, 6) is -5.92. The molecule has 4 rings (SSSR count). The second kappa shape index (κ2) is 8.15. The monoisotopic (exact) mass is 483 g/mol. The average molecular weight is 483 g/mol. The van der Waals surface area contributed by atoms with Crippen molar-refractivity contribution in [2.45, 2.75) is 37.4 Å². The van der Waals surface area contributed by atoms with Gasteiger partial charge in [-0.2, -0.15) is 13.2 Å². The molecule has 34 heavy (non-hydrogen) atoms. The van der Waals surface area contributed by atoms with E-state index < -0.39 is 52.8 Å².